The molecule has 0 atom stereocenters. The summed E-state index contributed by atoms with van der Waals surface area (Å²) in [5.74, 6) is -0.281. The third-order valence-electron chi connectivity index (χ3n) is 5.17. The number of carbonyl (C=O) groups excluding carboxylic acids is 1. The molecule has 0 unspecified atom stereocenters. The molecule has 0 saturated heterocycles. The monoisotopic (exact) mass is 412 g/mol. The van der Waals surface area contributed by atoms with E-state index in [0.29, 0.717) is 16.5 Å². The topological polar surface area (TPSA) is 89.9 Å². The molecule has 7 heteroatoms. The van der Waals surface area contributed by atoms with E-state index in [1.807, 2.05) is 54.8 Å². The highest BCUT2D eigenvalue weighted by Gasteiger charge is 2.19. The molecule has 2 aromatic heterocycles. The Bertz CT molecular complexity index is 1380. The number of aryl methyl sites for hydroxylation is 1. The van der Waals surface area contributed by atoms with Crippen LogP contribution in [0.25, 0.3) is 16.6 Å². The fourth-order valence-corrected chi connectivity index (χ4v) is 3.71. The van der Waals surface area contributed by atoms with Crippen molar-refractivity contribution >= 4 is 16.9 Å². The summed E-state index contributed by atoms with van der Waals surface area (Å²) in [6.07, 6.45) is 0. The molecule has 0 fully saturated rings. The molecule has 0 bridgehead atoms. The fraction of sp³-hybridized carbons (Fsp3) is 0.167. The van der Waals surface area contributed by atoms with Crippen LogP contribution >= 0.6 is 0 Å². The fourth-order valence-electron chi connectivity index (χ4n) is 3.71. The molecule has 0 N–H and O–H groups in total. The molecule has 154 valence electrons. The zero-order chi connectivity index (χ0) is 22.0. The number of hydrogen-bond donors (Lipinski definition) is 0. The zero-order valence-electron chi connectivity index (χ0n) is 17.2. The summed E-state index contributed by atoms with van der Waals surface area (Å²) in [5.41, 5.74) is 3.22. The van der Waals surface area contributed by atoms with E-state index in [-0.39, 0.29) is 24.5 Å². The van der Waals surface area contributed by atoms with Crippen LogP contribution in [0, 0.1) is 25.2 Å². The summed E-state index contributed by atoms with van der Waals surface area (Å²) in [7, 11) is 0. The Labute approximate surface area is 178 Å². The molecular weight excluding hydrogens is 392 g/mol. The summed E-state index contributed by atoms with van der Waals surface area (Å²) in [5, 5.41) is 9.54. The van der Waals surface area contributed by atoms with Gasteiger partial charge in [-0.3, -0.25) is 9.36 Å². The molecule has 0 amide bonds. The molecule has 0 aliphatic carbocycles. The Hall–Kier alpha value is -4.18. The van der Waals surface area contributed by atoms with E-state index in [1.165, 1.54) is 4.57 Å². The van der Waals surface area contributed by atoms with Crippen molar-refractivity contribution in [1.82, 2.24) is 14.1 Å². The minimum Gasteiger partial charge on any atom is -0.454 e. The minimum absolute atomic E-state index is 0.175. The maximum atomic E-state index is 12.8. The lowest BCUT2D eigenvalue weighted by molar-refractivity contribution is 0.0456. The molecule has 0 aliphatic heterocycles. The lowest BCUT2D eigenvalue weighted by Gasteiger charge is -2.12. The zero-order valence-corrected chi connectivity index (χ0v) is 17.2. The molecule has 0 saturated carbocycles. The highest BCUT2D eigenvalue weighted by atomic mass is 16.5. The highest BCUT2D eigenvalue weighted by Crippen LogP contribution is 2.21. The van der Waals surface area contributed by atoms with Crippen molar-refractivity contribution in [1.29, 1.82) is 5.26 Å². The van der Waals surface area contributed by atoms with Crippen molar-refractivity contribution in [2.45, 2.75) is 27.0 Å². The summed E-state index contributed by atoms with van der Waals surface area (Å²) < 4.78 is 8.73. The maximum Gasteiger partial charge on any atom is 0.340 e. The number of fused-ring (bicyclic) bond motifs is 1. The van der Waals surface area contributed by atoms with E-state index in [2.05, 4.69) is 4.98 Å². The van der Waals surface area contributed by atoms with Crippen LogP contribution in [-0.2, 0) is 17.9 Å². The van der Waals surface area contributed by atoms with E-state index in [4.69, 9.17) is 10.00 Å². The van der Waals surface area contributed by atoms with Crippen molar-refractivity contribution in [2.75, 3.05) is 0 Å². The van der Waals surface area contributed by atoms with E-state index < -0.39 is 5.97 Å². The smallest absolute Gasteiger partial charge is 0.340 e. The predicted molar refractivity (Wildman–Crippen MR) is 116 cm³/mol. The SMILES string of the molecule is Cc1cc(C(=O)OCc2nc3ccccc3c(=O)n2CC#N)c(C)n1-c1ccccc1. The van der Waals surface area contributed by atoms with Crippen LogP contribution in [0.3, 0.4) is 0 Å². The molecule has 31 heavy (non-hydrogen) atoms. The minimum atomic E-state index is -0.513. The average Bonchev–Trinajstić information content (AvgIpc) is 3.09. The van der Waals surface area contributed by atoms with Gasteiger partial charge in [-0.25, -0.2) is 9.78 Å². The lowest BCUT2D eigenvalue weighted by Crippen LogP contribution is -2.26. The van der Waals surface area contributed by atoms with Crippen molar-refractivity contribution in [2.24, 2.45) is 0 Å². The van der Waals surface area contributed by atoms with Gasteiger partial charge in [0.1, 0.15) is 13.2 Å². The third-order valence-corrected chi connectivity index (χ3v) is 5.17. The van der Waals surface area contributed by atoms with Gasteiger partial charge in [-0.1, -0.05) is 30.3 Å². The van der Waals surface area contributed by atoms with Crippen LogP contribution in [0.2, 0.25) is 0 Å². The van der Waals surface area contributed by atoms with Crippen molar-refractivity contribution in [3.8, 4) is 11.8 Å². The normalized spacial score (nSPS) is 10.7. The number of nitriles is 1. The number of benzene rings is 2. The van der Waals surface area contributed by atoms with E-state index in [9.17, 15) is 9.59 Å². The second-order valence-electron chi connectivity index (χ2n) is 7.13. The van der Waals surface area contributed by atoms with Gasteiger partial charge >= 0.3 is 5.97 Å². The first-order valence-electron chi connectivity index (χ1n) is 9.78. The Morgan fingerprint density at radius 3 is 2.55 bits per heavy atom. The van der Waals surface area contributed by atoms with Crippen LogP contribution in [0.15, 0.2) is 65.5 Å². The Morgan fingerprint density at radius 1 is 1.10 bits per heavy atom. The number of carbonyl (C=O) groups is 1. The average molecular weight is 412 g/mol. The molecular formula is C24H20N4O3. The van der Waals surface area contributed by atoms with Crippen LogP contribution < -0.4 is 5.56 Å². The van der Waals surface area contributed by atoms with Crippen LogP contribution in [-0.4, -0.2) is 20.1 Å². The van der Waals surface area contributed by atoms with Crippen LogP contribution in [0.1, 0.15) is 27.6 Å². The van der Waals surface area contributed by atoms with E-state index in [1.54, 1.807) is 30.3 Å². The number of para-hydroxylation sites is 2. The Balaban J connectivity index is 1.64. The number of nitrogens with zero attached hydrogens (tertiary/aromatic N) is 4. The first kappa shape index (κ1) is 20.1. The predicted octanol–water partition coefficient (Wildman–Crippen LogP) is 3.68. The number of aromatic nitrogens is 3. The van der Waals surface area contributed by atoms with Crippen LogP contribution in [0.4, 0.5) is 0 Å². The lowest BCUT2D eigenvalue weighted by atomic mass is 10.2. The van der Waals surface area contributed by atoms with E-state index >= 15 is 0 Å². The van der Waals surface area contributed by atoms with Gasteiger partial charge in [0.2, 0.25) is 0 Å². The third kappa shape index (κ3) is 3.71. The molecule has 0 spiro atoms. The second-order valence-corrected chi connectivity index (χ2v) is 7.13. The molecule has 0 radical (unpaired) electrons. The number of hydrogen-bond acceptors (Lipinski definition) is 5. The number of ether oxygens (including phenoxy) is 1. The van der Waals surface area contributed by atoms with Crippen LogP contribution in [0.5, 0.6) is 0 Å². The van der Waals surface area contributed by atoms with Crippen molar-refractivity contribution in [3.63, 3.8) is 0 Å². The van der Waals surface area contributed by atoms with Gasteiger partial charge in [-0.2, -0.15) is 5.26 Å². The largest absolute Gasteiger partial charge is 0.454 e. The summed E-state index contributed by atoms with van der Waals surface area (Å²) in [6, 6.07) is 20.4. The van der Waals surface area contributed by atoms with Gasteiger partial charge < -0.3 is 9.30 Å². The molecule has 4 rings (SSSR count). The van der Waals surface area contributed by atoms with Gasteiger partial charge in [-0.05, 0) is 44.2 Å². The number of rotatable bonds is 5. The molecule has 0 aliphatic rings. The maximum absolute atomic E-state index is 12.8. The van der Waals surface area contributed by atoms with Gasteiger partial charge in [0.25, 0.3) is 5.56 Å². The van der Waals surface area contributed by atoms with Gasteiger partial charge in [-0.15, -0.1) is 0 Å². The Kier molecular flexibility index (Phi) is 5.37. The quantitative estimate of drug-likeness (QED) is 0.467. The molecule has 4 aromatic rings. The van der Waals surface area contributed by atoms with Gasteiger partial charge in [0.15, 0.2) is 5.82 Å². The molecule has 2 heterocycles. The standard InChI is InChI=1S/C24H20N4O3/c1-16-14-20(17(2)28(16)18-8-4-3-5-9-18)24(30)31-15-22-26-21-11-7-6-10-19(21)23(29)27(22)13-12-25/h3-11,14H,13,15H2,1-2H3. The van der Waals surface area contributed by atoms with Gasteiger partial charge in [0.05, 0.1) is 22.5 Å². The first-order chi connectivity index (χ1) is 15.0. The molecule has 2 aromatic carbocycles. The second kappa shape index (κ2) is 8.28. The van der Waals surface area contributed by atoms with Crippen molar-refractivity contribution < 1.29 is 9.53 Å². The number of esters is 1. The molecule has 7 nitrogen and oxygen atoms in total. The van der Waals surface area contributed by atoms with Crippen molar-refractivity contribution in [3.05, 3.63) is 93.8 Å². The first-order valence-corrected chi connectivity index (χ1v) is 9.78. The van der Waals surface area contributed by atoms with E-state index in [0.717, 1.165) is 17.1 Å². The summed E-state index contributed by atoms with van der Waals surface area (Å²) >= 11 is 0. The summed E-state index contributed by atoms with van der Waals surface area (Å²) in [4.78, 5) is 30.0. The Morgan fingerprint density at radius 2 is 1.81 bits per heavy atom. The summed E-state index contributed by atoms with van der Waals surface area (Å²) in [6.45, 7) is 3.39. The van der Waals surface area contributed by atoms with Gasteiger partial charge in [0, 0.05) is 17.1 Å². The highest BCUT2D eigenvalue weighted by molar-refractivity contribution is 5.91.